The van der Waals surface area contributed by atoms with E-state index >= 15 is 0 Å². The maximum atomic E-state index is 11.9. The van der Waals surface area contributed by atoms with Crippen LogP contribution in [-0.2, 0) is 11.2 Å². The number of carbonyl (C=O) groups excluding carboxylic acids is 1. The number of hydrogen-bond acceptors (Lipinski definition) is 3. The van der Waals surface area contributed by atoms with E-state index in [0.29, 0.717) is 6.54 Å². The number of benzene rings is 1. The van der Waals surface area contributed by atoms with E-state index in [1.54, 1.807) is 4.90 Å². The molecule has 1 aromatic rings. The number of rotatable bonds is 3. The van der Waals surface area contributed by atoms with Crippen LogP contribution >= 0.6 is 0 Å². The van der Waals surface area contributed by atoms with Gasteiger partial charge in [0.15, 0.2) is 0 Å². The van der Waals surface area contributed by atoms with E-state index in [-0.39, 0.29) is 12.6 Å². The Labute approximate surface area is 104 Å². The quantitative estimate of drug-likeness (QED) is 0.711. The lowest BCUT2D eigenvalue weighted by molar-refractivity contribution is -0.138. The molecule has 96 valence electrons. The van der Waals surface area contributed by atoms with Gasteiger partial charge in [-0.05, 0) is 18.1 Å². The van der Waals surface area contributed by atoms with E-state index in [4.69, 9.17) is 10.8 Å². The first kappa shape index (κ1) is 12.4. The average molecular weight is 249 g/mol. The number of carboxylic acid groups (broad SMARTS) is 1. The number of carbonyl (C=O) groups is 2. The predicted octanol–water partition coefficient (Wildman–Crippen LogP) is 0.171. The fourth-order valence-corrected chi connectivity index (χ4v) is 1.93. The Balaban J connectivity index is 1.97. The molecule has 0 aromatic heterocycles. The van der Waals surface area contributed by atoms with Crippen LogP contribution in [0.3, 0.4) is 0 Å². The third-order valence-electron chi connectivity index (χ3n) is 2.92. The number of nitrogens with two attached hydrogens (primary N) is 1. The van der Waals surface area contributed by atoms with Crippen molar-refractivity contribution in [2.45, 2.75) is 12.5 Å². The van der Waals surface area contributed by atoms with Crippen molar-refractivity contribution in [2.24, 2.45) is 5.73 Å². The maximum absolute atomic E-state index is 11.9. The minimum Gasteiger partial charge on any atom is -0.480 e. The van der Waals surface area contributed by atoms with Gasteiger partial charge in [0.2, 0.25) is 0 Å². The summed E-state index contributed by atoms with van der Waals surface area (Å²) in [6.07, 6.45) is 0.814. The number of aliphatic carboxylic acids is 1. The van der Waals surface area contributed by atoms with Crippen molar-refractivity contribution in [2.75, 3.05) is 18.0 Å². The predicted molar refractivity (Wildman–Crippen MR) is 66.5 cm³/mol. The smallest absolute Gasteiger partial charge is 0.322 e. The summed E-state index contributed by atoms with van der Waals surface area (Å²) in [5.74, 6) is -1.13. The van der Waals surface area contributed by atoms with Crippen molar-refractivity contribution in [3.63, 3.8) is 0 Å². The lowest BCUT2D eigenvalue weighted by Crippen LogP contribution is -2.47. The number of urea groups is 1. The maximum Gasteiger partial charge on any atom is 0.322 e. The van der Waals surface area contributed by atoms with Gasteiger partial charge < -0.3 is 16.2 Å². The molecule has 0 unspecified atom stereocenters. The molecule has 0 fully saturated rings. The summed E-state index contributed by atoms with van der Waals surface area (Å²) < 4.78 is 0. The Morgan fingerprint density at radius 1 is 1.44 bits per heavy atom. The molecule has 0 saturated heterocycles. The molecule has 0 bridgehead atoms. The number of amides is 2. The second-order valence-electron chi connectivity index (χ2n) is 4.16. The number of carboxylic acids is 1. The lowest BCUT2D eigenvalue weighted by Gasteiger charge is -2.18. The van der Waals surface area contributed by atoms with Gasteiger partial charge >= 0.3 is 12.0 Å². The molecule has 1 aliphatic heterocycles. The highest BCUT2D eigenvalue weighted by molar-refractivity contribution is 5.94. The first-order chi connectivity index (χ1) is 8.59. The van der Waals surface area contributed by atoms with Crippen LogP contribution in [0.25, 0.3) is 0 Å². The molecule has 1 atom stereocenters. The molecule has 18 heavy (non-hydrogen) atoms. The van der Waals surface area contributed by atoms with Crippen molar-refractivity contribution in [3.05, 3.63) is 29.8 Å². The van der Waals surface area contributed by atoms with Crippen LogP contribution in [0, 0.1) is 0 Å². The second-order valence-corrected chi connectivity index (χ2v) is 4.16. The zero-order valence-electron chi connectivity index (χ0n) is 9.80. The molecule has 6 heteroatoms. The average Bonchev–Trinajstić information content (AvgIpc) is 2.79. The van der Waals surface area contributed by atoms with Gasteiger partial charge in [0.1, 0.15) is 6.04 Å². The minimum atomic E-state index is -1.13. The van der Waals surface area contributed by atoms with E-state index < -0.39 is 12.0 Å². The summed E-state index contributed by atoms with van der Waals surface area (Å²) in [4.78, 5) is 24.0. The van der Waals surface area contributed by atoms with Crippen LogP contribution in [0.1, 0.15) is 5.56 Å². The summed E-state index contributed by atoms with van der Waals surface area (Å²) in [6, 6.07) is 6.27. The molecule has 1 heterocycles. The van der Waals surface area contributed by atoms with E-state index in [1.807, 2.05) is 24.3 Å². The van der Waals surface area contributed by atoms with Crippen molar-refractivity contribution < 1.29 is 14.7 Å². The Morgan fingerprint density at radius 3 is 2.89 bits per heavy atom. The number of para-hydroxylation sites is 1. The van der Waals surface area contributed by atoms with Crippen LogP contribution < -0.4 is 16.0 Å². The first-order valence-electron chi connectivity index (χ1n) is 5.71. The zero-order valence-corrected chi connectivity index (χ0v) is 9.80. The highest BCUT2D eigenvalue weighted by atomic mass is 16.4. The van der Waals surface area contributed by atoms with Crippen molar-refractivity contribution >= 4 is 17.7 Å². The summed E-state index contributed by atoms with van der Waals surface area (Å²) in [7, 11) is 0. The van der Waals surface area contributed by atoms with Crippen molar-refractivity contribution in [1.29, 1.82) is 0 Å². The number of nitrogens with zero attached hydrogens (tertiary/aromatic N) is 1. The summed E-state index contributed by atoms with van der Waals surface area (Å²) in [5.41, 5.74) is 7.32. The van der Waals surface area contributed by atoms with Crippen LogP contribution in [-0.4, -0.2) is 36.2 Å². The van der Waals surface area contributed by atoms with E-state index in [9.17, 15) is 9.59 Å². The largest absolute Gasteiger partial charge is 0.480 e. The molecule has 0 aliphatic carbocycles. The van der Waals surface area contributed by atoms with Crippen LogP contribution in [0.4, 0.5) is 10.5 Å². The van der Waals surface area contributed by atoms with Gasteiger partial charge in [0, 0.05) is 18.8 Å². The molecule has 0 saturated carbocycles. The summed E-state index contributed by atoms with van der Waals surface area (Å²) in [5, 5.41) is 11.2. The molecular weight excluding hydrogens is 234 g/mol. The standard InChI is InChI=1S/C12H15N3O3/c13-9(11(16)17)7-14-12(18)15-6-5-8-3-1-2-4-10(8)15/h1-4,9H,5-7,13H2,(H,14,18)(H,16,17)/t9-/m0/s1. The molecule has 2 rings (SSSR count). The van der Waals surface area contributed by atoms with E-state index in [1.165, 1.54) is 0 Å². The van der Waals surface area contributed by atoms with Crippen LogP contribution in [0.2, 0.25) is 0 Å². The molecule has 0 radical (unpaired) electrons. The Bertz CT molecular complexity index is 475. The molecule has 2 amide bonds. The van der Waals surface area contributed by atoms with Gasteiger partial charge in [0.25, 0.3) is 0 Å². The number of fused-ring (bicyclic) bond motifs is 1. The van der Waals surface area contributed by atoms with Crippen LogP contribution in [0.15, 0.2) is 24.3 Å². The van der Waals surface area contributed by atoms with Crippen molar-refractivity contribution in [1.82, 2.24) is 5.32 Å². The highest BCUT2D eigenvalue weighted by Gasteiger charge is 2.24. The molecule has 4 N–H and O–H groups in total. The Morgan fingerprint density at radius 2 is 2.17 bits per heavy atom. The molecular formula is C12H15N3O3. The zero-order chi connectivity index (χ0) is 13.1. The number of anilines is 1. The molecule has 6 nitrogen and oxygen atoms in total. The van der Waals surface area contributed by atoms with E-state index in [2.05, 4.69) is 5.32 Å². The first-order valence-corrected chi connectivity index (χ1v) is 5.71. The number of nitrogens with one attached hydrogen (secondary N) is 1. The summed E-state index contributed by atoms with van der Waals surface area (Å²) >= 11 is 0. The van der Waals surface area contributed by atoms with Gasteiger partial charge in [-0.2, -0.15) is 0 Å². The monoisotopic (exact) mass is 249 g/mol. The third kappa shape index (κ3) is 2.43. The third-order valence-corrected chi connectivity index (χ3v) is 2.92. The second kappa shape index (κ2) is 5.05. The Kier molecular flexibility index (Phi) is 3.47. The van der Waals surface area contributed by atoms with Crippen LogP contribution in [0.5, 0.6) is 0 Å². The molecule has 1 aromatic carbocycles. The molecule has 0 spiro atoms. The SMILES string of the molecule is N[C@@H](CNC(=O)N1CCc2ccccc21)C(=O)O. The van der Waals surface area contributed by atoms with Gasteiger partial charge in [-0.1, -0.05) is 18.2 Å². The topological polar surface area (TPSA) is 95.7 Å². The summed E-state index contributed by atoms with van der Waals surface area (Å²) in [6.45, 7) is 0.528. The lowest BCUT2D eigenvalue weighted by atomic mass is 10.2. The van der Waals surface area contributed by atoms with Gasteiger partial charge in [-0.3, -0.25) is 9.69 Å². The number of hydrogen-bond donors (Lipinski definition) is 3. The highest BCUT2D eigenvalue weighted by Crippen LogP contribution is 2.27. The van der Waals surface area contributed by atoms with Gasteiger partial charge in [0.05, 0.1) is 0 Å². The fourth-order valence-electron chi connectivity index (χ4n) is 1.93. The van der Waals surface area contributed by atoms with Crippen molar-refractivity contribution in [3.8, 4) is 0 Å². The van der Waals surface area contributed by atoms with Gasteiger partial charge in [-0.25, -0.2) is 4.79 Å². The van der Waals surface area contributed by atoms with Gasteiger partial charge in [-0.15, -0.1) is 0 Å². The molecule has 1 aliphatic rings. The fraction of sp³-hybridized carbons (Fsp3) is 0.333. The Hall–Kier alpha value is -2.08. The normalized spacial score (nSPS) is 15.1. The minimum absolute atomic E-state index is 0.0766. The van der Waals surface area contributed by atoms with E-state index in [0.717, 1.165) is 17.7 Å².